The first-order valence-corrected chi connectivity index (χ1v) is 9.67. The van der Waals surface area contributed by atoms with Crippen LogP contribution in [0.25, 0.3) is 0 Å². The van der Waals surface area contributed by atoms with E-state index < -0.39 is 23.6 Å². The summed E-state index contributed by atoms with van der Waals surface area (Å²) in [6.07, 6.45) is 3.32. The number of hydrogen-bond donors (Lipinski definition) is 2. The van der Waals surface area contributed by atoms with Gasteiger partial charge < -0.3 is 10.6 Å². The van der Waals surface area contributed by atoms with Gasteiger partial charge in [0.2, 0.25) is 11.8 Å². The summed E-state index contributed by atoms with van der Waals surface area (Å²) in [5.74, 6) is -2.82. The fraction of sp³-hybridized carbons (Fsp3) is 0.300. The molecule has 0 saturated heterocycles. The summed E-state index contributed by atoms with van der Waals surface area (Å²) in [6, 6.07) is 8.25. The molecule has 1 aliphatic rings. The number of fused-ring (bicyclic) bond motifs is 1. The molecule has 2 amide bonds. The first kappa shape index (κ1) is 19.4. The van der Waals surface area contributed by atoms with Gasteiger partial charge in [-0.1, -0.05) is 12.1 Å². The van der Waals surface area contributed by atoms with E-state index in [1.165, 1.54) is 36.0 Å². The van der Waals surface area contributed by atoms with Crippen molar-refractivity contribution in [2.75, 3.05) is 12.8 Å². The minimum absolute atomic E-state index is 0.121. The monoisotopic (exact) mass is 390 g/mol. The van der Waals surface area contributed by atoms with Crippen LogP contribution in [0.3, 0.4) is 0 Å². The summed E-state index contributed by atoms with van der Waals surface area (Å²) in [5, 5.41) is 5.02. The molecular formula is C20H20F2N2O2S. The minimum Gasteiger partial charge on any atom is -0.357 e. The zero-order valence-electron chi connectivity index (χ0n) is 14.9. The van der Waals surface area contributed by atoms with Gasteiger partial charge in [0, 0.05) is 11.9 Å². The van der Waals surface area contributed by atoms with Crippen molar-refractivity contribution >= 4 is 23.6 Å². The number of carbonyl (C=O) groups excluding carboxylic acids is 2. The molecule has 0 fully saturated rings. The Morgan fingerprint density at radius 1 is 1.07 bits per heavy atom. The molecule has 27 heavy (non-hydrogen) atoms. The highest BCUT2D eigenvalue weighted by atomic mass is 32.2. The minimum atomic E-state index is -1.08. The summed E-state index contributed by atoms with van der Waals surface area (Å²) >= 11 is 1.38. The molecule has 0 spiro atoms. The largest absolute Gasteiger partial charge is 0.357 e. The second-order valence-electron chi connectivity index (χ2n) is 6.36. The number of carbonyl (C=O) groups is 2. The SMILES string of the molecule is CNC(=O)C(NC(=O)CSc1ccc2c(c1)CCC2)c1ccc(F)c(F)c1. The molecule has 0 aromatic heterocycles. The van der Waals surface area contributed by atoms with Crippen LogP contribution in [0, 0.1) is 11.6 Å². The molecule has 2 N–H and O–H groups in total. The van der Waals surface area contributed by atoms with E-state index >= 15 is 0 Å². The summed E-state index contributed by atoms with van der Waals surface area (Å²) in [5.41, 5.74) is 2.87. The maximum absolute atomic E-state index is 13.5. The molecule has 0 radical (unpaired) electrons. The number of thioether (sulfide) groups is 1. The number of halogens is 2. The third kappa shape index (κ3) is 4.66. The topological polar surface area (TPSA) is 58.2 Å². The van der Waals surface area contributed by atoms with E-state index in [0.29, 0.717) is 0 Å². The lowest BCUT2D eigenvalue weighted by atomic mass is 10.1. The number of likely N-dealkylation sites (N-methyl/N-ethyl adjacent to an activating group) is 1. The molecule has 4 nitrogen and oxygen atoms in total. The van der Waals surface area contributed by atoms with Crippen molar-refractivity contribution in [2.24, 2.45) is 0 Å². The quantitative estimate of drug-likeness (QED) is 0.745. The number of aryl methyl sites for hydroxylation is 2. The van der Waals surface area contributed by atoms with Gasteiger partial charge in [0.1, 0.15) is 6.04 Å². The van der Waals surface area contributed by atoms with Crippen molar-refractivity contribution in [1.29, 1.82) is 0 Å². The number of amides is 2. The number of rotatable bonds is 6. The van der Waals surface area contributed by atoms with Crippen LogP contribution in [-0.4, -0.2) is 24.6 Å². The Hall–Kier alpha value is -2.41. The van der Waals surface area contributed by atoms with Gasteiger partial charge in [-0.25, -0.2) is 8.78 Å². The van der Waals surface area contributed by atoms with Crippen molar-refractivity contribution in [1.82, 2.24) is 10.6 Å². The van der Waals surface area contributed by atoms with Crippen molar-refractivity contribution < 1.29 is 18.4 Å². The molecule has 0 heterocycles. The lowest BCUT2D eigenvalue weighted by Gasteiger charge is -2.18. The third-order valence-corrected chi connectivity index (χ3v) is 5.52. The van der Waals surface area contributed by atoms with Gasteiger partial charge in [-0.2, -0.15) is 0 Å². The van der Waals surface area contributed by atoms with E-state index in [4.69, 9.17) is 0 Å². The van der Waals surface area contributed by atoms with E-state index in [1.807, 2.05) is 6.07 Å². The van der Waals surface area contributed by atoms with Crippen molar-refractivity contribution in [2.45, 2.75) is 30.2 Å². The van der Waals surface area contributed by atoms with Crippen LogP contribution in [-0.2, 0) is 22.4 Å². The molecule has 3 rings (SSSR count). The van der Waals surface area contributed by atoms with Crippen LogP contribution in [0.1, 0.15) is 29.2 Å². The molecule has 2 aromatic rings. The van der Waals surface area contributed by atoms with Crippen LogP contribution in [0.5, 0.6) is 0 Å². The van der Waals surface area contributed by atoms with Gasteiger partial charge in [-0.05, 0) is 60.2 Å². The first-order valence-electron chi connectivity index (χ1n) is 8.68. The second kappa shape index (κ2) is 8.52. The van der Waals surface area contributed by atoms with E-state index in [1.54, 1.807) is 0 Å². The van der Waals surface area contributed by atoms with Crippen molar-refractivity contribution in [3.63, 3.8) is 0 Å². The number of benzene rings is 2. The van der Waals surface area contributed by atoms with Crippen LogP contribution < -0.4 is 10.6 Å². The Balaban J connectivity index is 1.65. The molecule has 1 aliphatic carbocycles. The lowest BCUT2D eigenvalue weighted by Crippen LogP contribution is -2.39. The van der Waals surface area contributed by atoms with Gasteiger partial charge >= 0.3 is 0 Å². The Morgan fingerprint density at radius 3 is 2.59 bits per heavy atom. The maximum atomic E-state index is 13.5. The van der Waals surface area contributed by atoms with Crippen molar-refractivity contribution in [3.8, 4) is 0 Å². The van der Waals surface area contributed by atoms with Crippen LogP contribution in [0.15, 0.2) is 41.3 Å². The van der Waals surface area contributed by atoms with E-state index in [2.05, 4.69) is 22.8 Å². The standard InChI is InChI=1S/C20H20F2N2O2S/c1-23-20(26)19(14-6-8-16(21)17(22)10-14)24-18(25)11-27-15-7-5-12-3-2-4-13(12)9-15/h5-10,19H,2-4,11H2,1H3,(H,23,26)(H,24,25). The Labute approximate surface area is 160 Å². The molecule has 0 aliphatic heterocycles. The Morgan fingerprint density at radius 2 is 1.85 bits per heavy atom. The molecule has 0 saturated carbocycles. The summed E-state index contributed by atoms with van der Waals surface area (Å²) in [6.45, 7) is 0. The molecule has 142 valence electrons. The van der Waals surface area contributed by atoms with Crippen molar-refractivity contribution in [3.05, 3.63) is 64.7 Å². The highest BCUT2D eigenvalue weighted by Crippen LogP contribution is 2.27. The van der Waals surface area contributed by atoms with Crippen LogP contribution >= 0.6 is 11.8 Å². The molecule has 1 unspecified atom stereocenters. The van der Waals surface area contributed by atoms with E-state index in [9.17, 15) is 18.4 Å². The Bertz CT molecular complexity index is 873. The van der Waals surface area contributed by atoms with Gasteiger partial charge in [0.05, 0.1) is 5.75 Å². The highest BCUT2D eigenvalue weighted by Gasteiger charge is 2.23. The predicted octanol–water partition coefficient (Wildman–Crippen LogP) is 3.15. The second-order valence-corrected chi connectivity index (χ2v) is 7.41. The van der Waals surface area contributed by atoms with E-state index in [0.717, 1.165) is 36.3 Å². The third-order valence-electron chi connectivity index (χ3n) is 4.53. The average Bonchev–Trinajstić information content (AvgIpc) is 3.14. The summed E-state index contributed by atoms with van der Waals surface area (Å²) in [4.78, 5) is 25.4. The number of nitrogens with one attached hydrogen (secondary N) is 2. The Kier molecular flexibility index (Phi) is 6.11. The van der Waals surface area contributed by atoms with Crippen LogP contribution in [0.2, 0.25) is 0 Å². The van der Waals surface area contributed by atoms with Gasteiger partial charge in [0.25, 0.3) is 0 Å². The number of hydrogen-bond acceptors (Lipinski definition) is 3. The average molecular weight is 390 g/mol. The normalized spacial score (nSPS) is 13.7. The molecule has 0 bridgehead atoms. The summed E-state index contributed by atoms with van der Waals surface area (Å²) in [7, 11) is 1.42. The fourth-order valence-corrected chi connectivity index (χ4v) is 3.90. The summed E-state index contributed by atoms with van der Waals surface area (Å²) < 4.78 is 26.6. The molecular weight excluding hydrogens is 370 g/mol. The smallest absolute Gasteiger partial charge is 0.246 e. The highest BCUT2D eigenvalue weighted by molar-refractivity contribution is 8.00. The predicted molar refractivity (Wildman–Crippen MR) is 100 cm³/mol. The van der Waals surface area contributed by atoms with Crippen LogP contribution in [0.4, 0.5) is 8.78 Å². The maximum Gasteiger partial charge on any atom is 0.246 e. The first-order chi connectivity index (χ1) is 13.0. The molecule has 1 atom stereocenters. The van der Waals surface area contributed by atoms with Gasteiger partial charge in [-0.15, -0.1) is 11.8 Å². The van der Waals surface area contributed by atoms with Gasteiger partial charge in [-0.3, -0.25) is 9.59 Å². The van der Waals surface area contributed by atoms with E-state index in [-0.39, 0.29) is 17.2 Å². The zero-order valence-corrected chi connectivity index (χ0v) is 15.7. The fourth-order valence-electron chi connectivity index (χ4n) is 3.13. The lowest BCUT2D eigenvalue weighted by molar-refractivity contribution is -0.127. The molecule has 7 heteroatoms. The zero-order chi connectivity index (χ0) is 19.4. The molecule has 2 aromatic carbocycles. The van der Waals surface area contributed by atoms with Gasteiger partial charge in [0.15, 0.2) is 11.6 Å².